The molecule has 1 N–H and O–H groups in total. The van der Waals surface area contributed by atoms with E-state index < -0.39 is 5.25 Å². The number of ether oxygens (including phenoxy) is 1. The van der Waals surface area contributed by atoms with Crippen LogP contribution in [0.5, 0.6) is 5.75 Å². The molecule has 3 aromatic rings. The molecule has 1 saturated heterocycles. The SMILES string of the molecule is CCCOc1ccc(N2C(=O)C[C@@H](SC(=N)N3N=C(c4ccccc4)C[C@H]3c3ccccc3)C2=O)cc1. The highest BCUT2D eigenvalue weighted by molar-refractivity contribution is 8.14. The third-order valence-electron chi connectivity index (χ3n) is 6.34. The van der Waals surface area contributed by atoms with E-state index in [1.807, 2.05) is 67.6 Å². The van der Waals surface area contributed by atoms with Crippen LogP contribution in [0.25, 0.3) is 0 Å². The molecule has 2 aliphatic heterocycles. The zero-order valence-corrected chi connectivity index (χ0v) is 21.4. The van der Waals surface area contributed by atoms with E-state index in [0.29, 0.717) is 24.5 Å². The fourth-order valence-corrected chi connectivity index (χ4v) is 5.48. The number of imide groups is 1. The minimum Gasteiger partial charge on any atom is -0.494 e. The molecule has 7 nitrogen and oxygen atoms in total. The molecular weight excluding hydrogens is 484 g/mol. The van der Waals surface area contributed by atoms with Crippen LogP contribution >= 0.6 is 11.8 Å². The maximum absolute atomic E-state index is 13.3. The van der Waals surface area contributed by atoms with E-state index in [1.54, 1.807) is 29.3 Å². The highest BCUT2D eigenvalue weighted by Gasteiger charge is 2.42. The molecule has 5 rings (SSSR count). The lowest BCUT2D eigenvalue weighted by atomic mass is 9.99. The van der Waals surface area contributed by atoms with Crippen LogP contribution in [0.2, 0.25) is 0 Å². The Balaban J connectivity index is 1.33. The number of amides is 2. The number of rotatable bonds is 7. The number of carbonyl (C=O) groups is 2. The van der Waals surface area contributed by atoms with E-state index in [9.17, 15) is 9.59 Å². The van der Waals surface area contributed by atoms with Crippen molar-refractivity contribution in [3.8, 4) is 5.75 Å². The summed E-state index contributed by atoms with van der Waals surface area (Å²) in [7, 11) is 0. The molecule has 37 heavy (non-hydrogen) atoms. The first-order valence-electron chi connectivity index (χ1n) is 12.4. The van der Waals surface area contributed by atoms with Gasteiger partial charge in [-0.25, -0.2) is 9.91 Å². The molecule has 188 valence electrons. The molecule has 8 heteroatoms. The lowest BCUT2D eigenvalue weighted by molar-refractivity contribution is -0.121. The standard InChI is InChI=1S/C29H28N4O3S/c1-2-17-36-23-15-13-22(14-16-23)32-27(34)19-26(28(32)35)37-29(30)33-25(21-11-7-4-8-12-21)18-24(31-33)20-9-5-3-6-10-20/h3-16,25-26,30H,2,17-19H2,1H3/t25-,26+/m0/s1. The van der Waals surface area contributed by atoms with Crippen LogP contribution in [0.4, 0.5) is 5.69 Å². The van der Waals surface area contributed by atoms with Gasteiger partial charge in [0.1, 0.15) is 11.0 Å². The number of benzene rings is 3. The quantitative estimate of drug-likeness (QED) is 0.252. The van der Waals surface area contributed by atoms with Gasteiger partial charge in [0, 0.05) is 12.8 Å². The lowest BCUT2D eigenvalue weighted by Crippen LogP contribution is -2.32. The first-order chi connectivity index (χ1) is 18.0. The van der Waals surface area contributed by atoms with Gasteiger partial charge >= 0.3 is 0 Å². The van der Waals surface area contributed by atoms with Crippen molar-refractivity contribution in [3.05, 3.63) is 96.1 Å². The van der Waals surface area contributed by atoms with Crippen molar-refractivity contribution in [1.29, 1.82) is 5.41 Å². The zero-order valence-electron chi connectivity index (χ0n) is 20.5. The molecule has 0 aliphatic carbocycles. The highest BCUT2D eigenvalue weighted by Crippen LogP contribution is 2.37. The average Bonchev–Trinajstić information content (AvgIpc) is 3.50. The van der Waals surface area contributed by atoms with Gasteiger partial charge in [0.2, 0.25) is 11.8 Å². The Kier molecular flexibility index (Phi) is 7.37. The molecule has 3 aromatic carbocycles. The molecule has 0 spiro atoms. The summed E-state index contributed by atoms with van der Waals surface area (Å²) in [5, 5.41) is 14.8. The highest BCUT2D eigenvalue weighted by atomic mass is 32.2. The Hall–Kier alpha value is -3.91. The number of thioether (sulfide) groups is 1. The smallest absolute Gasteiger partial charge is 0.247 e. The van der Waals surface area contributed by atoms with Crippen molar-refractivity contribution >= 4 is 40.1 Å². The molecule has 2 amide bonds. The number of hydrazone groups is 1. The number of hydrogen-bond donors (Lipinski definition) is 1. The molecule has 0 bridgehead atoms. The van der Waals surface area contributed by atoms with Crippen LogP contribution in [-0.4, -0.2) is 39.6 Å². The number of hydrogen-bond acceptors (Lipinski definition) is 6. The number of carbonyl (C=O) groups excluding carboxylic acids is 2. The van der Waals surface area contributed by atoms with Crippen molar-refractivity contribution in [3.63, 3.8) is 0 Å². The molecule has 0 aromatic heterocycles. The number of nitrogens with zero attached hydrogens (tertiary/aromatic N) is 3. The van der Waals surface area contributed by atoms with Gasteiger partial charge in [-0.15, -0.1) is 0 Å². The van der Waals surface area contributed by atoms with Crippen LogP contribution < -0.4 is 9.64 Å². The van der Waals surface area contributed by atoms with Crippen molar-refractivity contribution in [2.75, 3.05) is 11.5 Å². The van der Waals surface area contributed by atoms with Gasteiger partial charge in [0.15, 0.2) is 5.17 Å². The third-order valence-corrected chi connectivity index (χ3v) is 7.40. The Morgan fingerprint density at radius 1 is 0.973 bits per heavy atom. The van der Waals surface area contributed by atoms with Gasteiger partial charge < -0.3 is 4.74 Å². The molecule has 2 aliphatic rings. The summed E-state index contributed by atoms with van der Waals surface area (Å²) < 4.78 is 5.61. The topological polar surface area (TPSA) is 86.1 Å². The minimum absolute atomic E-state index is 0.0407. The van der Waals surface area contributed by atoms with Gasteiger partial charge in [0.05, 0.1) is 24.0 Å². The second-order valence-electron chi connectivity index (χ2n) is 8.91. The van der Waals surface area contributed by atoms with E-state index in [4.69, 9.17) is 15.2 Å². The van der Waals surface area contributed by atoms with Crippen LogP contribution in [0.1, 0.15) is 43.4 Å². The first-order valence-corrected chi connectivity index (χ1v) is 13.2. The minimum atomic E-state index is -0.677. The lowest BCUT2D eigenvalue weighted by Gasteiger charge is -2.24. The molecule has 0 radical (unpaired) electrons. The molecule has 1 fully saturated rings. The fourth-order valence-electron chi connectivity index (χ4n) is 4.50. The molecular formula is C29H28N4O3S. The summed E-state index contributed by atoms with van der Waals surface area (Å²) in [4.78, 5) is 27.3. The van der Waals surface area contributed by atoms with Crippen molar-refractivity contribution in [2.45, 2.75) is 37.5 Å². The Morgan fingerprint density at radius 2 is 1.65 bits per heavy atom. The fraction of sp³-hybridized carbons (Fsp3) is 0.241. The van der Waals surface area contributed by atoms with E-state index in [1.165, 1.54) is 4.90 Å². The van der Waals surface area contributed by atoms with E-state index >= 15 is 0 Å². The van der Waals surface area contributed by atoms with Crippen molar-refractivity contribution in [1.82, 2.24) is 5.01 Å². The average molecular weight is 513 g/mol. The summed E-state index contributed by atoms with van der Waals surface area (Å²) in [5.41, 5.74) is 3.46. The predicted octanol–water partition coefficient (Wildman–Crippen LogP) is 5.63. The summed E-state index contributed by atoms with van der Waals surface area (Å²) >= 11 is 1.09. The van der Waals surface area contributed by atoms with Crippen LogP contribution in [0.3, 0.4) is 0 Å². The van der Waals surface area contributed by atoms with Crippen LogP contribution in [0, 0.1) is 5.41 Å². The van der Waals surface area contributed by atoms with Gasteiger partial charge in [-0.3, -0.25) is 15.0 Å². The molecule has 2 atom stereocenters. The van der Waals surface area contributed by atoms with E-state index in [0.717, 1.165) is 35.0 Å². The Bertz CT molecular complexity index is 1310. The number of anilines is 1. The van der Waals surface area contributed by atoms with Gasteiger partial charge in [-0.1, -0.05) is 79.3 Å². The zero-order chi connectivity index (χ0) is 25.8. The summed E-state index contributed by atoms with van der Waals surface area (Å²) in [6.07, 6.45) is 1.58. The summed E-state index contributed by atoms with van der Waals surface area (Å²) in [6.45, 7) is 2.64. The normalized spacial score (nSPS) is 19.3. The van der Waals surface area contributed by atoms with E-state index in [2.05, 4.69) is 0 Å². The molecule has 0 unspecified atom stereocenters. The summed E-state index contributed by atoms with van der Waals surface area (Å²) in [5.74, 6) is 0.113. The number of amidine groups is 1. The Labute approximate surface area is 220 Å². The Morgan fingerprint density at radius 3 is 2.32 bits per heavy atom. The van der Waals surface area contributed by atoms with Gasteiger partial charge in [-0.05, 0) is 41.8 Å². The van der Waals surface area contributed by atoms with Crippen molar-refractivity contribution < 1.29 is 14.3 Å². The number of nitrogens with one attached hydrogen (secondary N) is 1. The maximum Gasteiger partial charge on any atom is 0.247 e. The largest absolute Gasteiger partial charge is 0.494 e. The predicted molar refractivity (Wildman–Crippen MR) is 147 cm³/mol. The molecule has 0 saturated carbocycles. The monoisotopic (exact) mass is 512 g/mol. The van der Waals surface area contributed by atoms with E-state index in [-0.39, 0.29) is 29.4 Å². The van der Waals surface area contributed by atoms with Crippen molar-refractivity contribution in [2.24, 2.45) is 5.10 Å². The summed E-state index contributed by atoms with van der Waals surface area (Å²) in [6, 6.07) is 26.7. The van der Waals surface area contributed by atoms with Gasteiger partial charge in [0.25, 0.3) is 0 Å². The van der Waals surface area contributed by atoms with Gasteiger partial charge in [-0.2, -0.15) is 5.10 Å². The molecule has 2 heterocycles. The first kappa shape index (κ1) is 24.8. The second-order valence-corrected chi connectivity index (χ2v) is 10.1. The maximum atomic E-state index is 13.3. The van der Waals surface area contributed by atoms with Crippen LogP contribution in [0.15, 0.2) is 90.0 Å². The van der Waals surface area contributed by atoms with Crippen LogP contribution in [-0.2, 0) is 9.59 Å². The second kappa shape index (κ2) is 11.0. The third kappa shape index (κ3) is 5.29.